The average Bonchev–Trinajstić information content (AvgIpc) is 2.81. The van der Waals surface area contributed by atoms with Crippen LogP contribution in [0.2, 0.25) is 0 Å². The lowest BCUT2D eigenvalue weighted by Gasteiger charge is -2.25. The van der Waals surface area contributed by atoms with Gasteiger partial charge in [-0.2, -0.15) is 0 Å². The van der Waals surface area contributed by atoms with Gasteiger partial charge in [0, 0.05) is 17.5 Å². The summed E-state index contributed by atoms with van der Waals surface area (Å²) >= 11 is 0. The van der Waals surface area contributed by atoms with Crippen molar-refractivity contribution >= 4 is 5.78 Å². The van der Waals surface area contributed by atoms with Crippen molar-refractivity contribution < 1.29 is 9.18 Å². The van der Waals surface area contributed by atoms with Gasteiger partial charge in [-0.15, -0.1) is 0 Å². The van der Waals surface area contributed by atoms with Gasteiger partial charge in [-0.25, -0.2) is 4.39 Å². The highest BCUT2D eigenvalue weighted by molar-refractivity contribution is 6.01. The molecule has 0 saturated heterocycles. The molecule has 1 aromatic carbocycles. The zero-order valence-electron chi connectivity index (χ0n) is 10.1. The smallest absolute Gasteiger partial charge is 0.170 e. The number of carbonyl (C=O) groups is 1. The van der Waals surface area contributed by atoms with Gasteiger partial charge in [0.15, 0.2) is 5.78 Å². The van der Waals surface area contributed by atoms with Crippen LogP contribution in [0.4, 0.5) is 4.39 Å². The SMILES string of the molecule is Cc1cc(C(=O)C2(CN)CCCC2)ccc1F. The van der Waals surface area contributed by atoms with Crippen LogP contribution >= 0.6 is 0 Å². The fourth-order valence-corrected chi connectivity index (χ4v) is 2.67. The van der Waals surface area contributed by atoms with E-state index < -0.39 is 5.41 Å². The summed E-state index contributed by atoms with van der Waals surface area (Å²) < 4.78 is 13.2. The molecule has 0 radical (unpaired) electrons. The van der Waals surface area contributed by atoms with Gasteiger partial charge in [0.1, 0.15) is 5.82 Å². The molecule has 1 fully saturated rings. The Morgan fingerprint density at radius 2 is 2.06 bits per heavy atom. The molecule has 1 aromatic rings. The van der Waals surface area contributed by atoms with E-state index in [4.69, 9.17) is 5.73 Å². The minimum absolute atomic E-state index is 0.0839. The quantitative estimate of drug-likeness (QED) is 0.819. The van der Waals surface area contributed by atoms with Gasteiger partial charge < -0.3 is 5.73 Å². The molecule has 2 nitrogen and oxygen atoms in total. The Morgan fingerprint density at radius 3 is 2.59 bits per heavy atom. The van der Waals surface area contributed by atoms with Gasteiger partial charge in [0.2, 0.25) is 0 Å². The fourth-order valence-electron chi connectivity index (χ4n) is 2.67. The number of nitrogens with two attached hydrogens (primary N) is 1. The molecule has 0 heterocycles. The van der Waals surface area contributed by atoms with Crippen LogP contribution < -0.4 is 5.73 Å². The molecule has 2 N–H and O–H groups in total. The van der Waals surface area contributed by atoms with Crippen LogP contribution in [0.1, 0.15) is 41.6 Å². The largest absolute Gasteiger partial charge is 0.329 e. The zero-order chi connectivity index (χ0) is 12.5. The third-order valence-corrected chi connectivity index (χ3v) is 3.85. The van der Waals surface area contributed by atoms with Crippen molar-refractivity contribution in [1.29, 1.82) is 0 Å². The number of hydrogen-bond acceptors (Lipinski definition) is 2. The molecule has 1 aliphatic rings. The highest BCUT2D eigenvalue weighted by Crippen LogP contribution is 2.40. The van der Waals surface area contributed by atoms with E-state index in [9.17, 15) is 9.18 Å². The molecule has 0 amide bonds. The monoisotopic (exact) mass is 235 g/mol. The van der Waals surface area contributed by atoms with E-state index in [1.54, 1.807) is 19.1 Å². The summed E-state index contributed by atoms with van der Waals surface area (Å²) in [5.41, 5.74) is 6.49. The molecule has 92 valence electrons. The minimum atomic E-state index is -0.399. The molecule has 0 spiro atoms. The molecule has 17 heavy (non-hydrogen) atoms. The number of rotatable bonds is 3. The molecule has 2 rings (SSSR count). The lowest BCUT2D eigenvalue weighted by Crippen LogP contribution is -2.36. The Balaban J connectivity index is 2.32. The normalized spacial score (nSPS) is 18.3. The van der Waals surface area contributed by atoms with Gasteiger partial charge in [-0.05, 0) is 43.5 Å². The predicted octanol–water partition coefficient (Wildman–Crippen LogP) is 2.84. The fraction of sp³-hybridized carbons (Fsp3) is 0.500. The number of carbonyl (C=O) groups excluding carboxylic acids is 1. The maximum absolute atomic E-state index is 13.2. The van der Waals surface area contributed by atoms with Gasteiger partial charge in [-0.1, -0.05) is 12.8 Å². The van der Waals surface area contributed by atoms with E-state index in [0.29, 0.717) is 17.7 Å². The second-order valence-electron chi connectivity index (χ2n) is 4.98. The number of ketones is 1. The molecule has 0 bridgehead atoms. The Labute approximate surface area is 101 Å². The van der Waals surface area contributed by atoms with Crippen molar-refractivity contribution in [3.8, 4) is 0 Å². The first-order valence-electron chi connectivity index (χ1n) is 6.10. The summed E-state index contributed by atoms with van der Waals surface area (Å²) in [5.74, 6) is -0.185. The lowest BCUT2D eigenvalue weighted by molar-refractivity contribution is 0.0809. The summed E-state index contributed by atoms with van der Waals surface area (Å²) in [7, 11) is 0. The molecule has 1 saturated carbocycles. The van der Waals surface area contributed by atoms with Crippen LogP contribution in [-0.4, -0.2) is 12.3 Å². The average molecular weight is 235 g/mol. The van der Waals surface area contributed by atoms with E-state index in [1.807, 2.05) is 0 Å². The van der Waals surface area contributed by atoms with E-state index in [-0.39, 0.29) is 11.6 Å². The van der Waals surface area contributed by atoms with Crippen molar-refractivity contribution in [1.82, 2.24) is 0 Å². The summed E-state index contributed by atoms with van der Waals surface area (Å²) in [4.78, 5) is 12.5. The number of hydrogen-bond donors (Lipinski definition) is 1. The number of halogens is 1. The minimum Gasteiger partial charge on any atom is -0.329 e. The van der Waals surface area contributed by atoms with Crippen LogP contribution in [0.3, 0.4) is 0 Å². The third kappa shape index (κ3) is 2.12. The Kier molecular flexibility index (Phi) is 3.29. The molecule has 0 atom stereocenters. The molecular weight excluding hydrogens is 217 g/mol. The summed E-state index contributed by atoms with van der Waals surface area (Å²) in [6.45, 7) is 2.07. The van der Waals surface area contributed by atoms with Crippen molar-refractivity contribution in [2.24, 2.45) is 11.1 Å². The maximum atomic E-state index is 13.2. The molecule has 3 heteroatoms. The van der Waals surface area contributed by atoms with Crippen molar-refractivity contribution in [3.63, 3.8) is 0 Å². The van der Waals surface area contributed by atoms with Crippen LogP contribution in [0.25, 0.3) is 0 Å². The van der Waals surface area contributed by atoms with Crippen LogP contribution in [-0.2, 0) is 0 Å². The van der Waals surface area contributed by atoms with E-state index in [1.165, 1.54) is 6.07 Å². The molecule has 1 aliphatic carbocycles. The second-order valence-corrected chi connectivity index (χ2v) is 4.98. The van der Waals surface area contributed by atoms with Gasteiger partial charge in [0.25, 0.3) is 0 Å². The van der Waals surface area contributed by atoms with Gasteiger partial charge in [-0.3, -0.25) is 4.79 Å². The standard InChI is InChI=1S/C14H18FNO/c1-10-8-11(4-5-12(10)15)13(17)14(9-16)6-2-3-7-14/h4-5,8H,2-3,6-7,9,16H2,1H3. The van der Waals surface area contributed by atoms with E-state index in [0.717, 1.165) is 25.7 Å². The maximum Gasteiger partial charge on any atom is 0.170 e. The second kappa shape index (κ2) is 4.57. The number of Topliss-reactive ketones (excluding diaryl/α,β-unsaturated/α-hetero) is 1. The van der Waals surface area contributed by atoms with E-state index >= 15 is 0 Å². The Hall–Kier alpha value is -1.22. The van der Waals surface area contributed by atoms with Crippen LogP contribution in [0, 0.1) is 18.2 Å². The number of aryl methyl sites for hydroxylation is 1. The van der Waals surface area contributed by atoms with Gasteiger partial charge >= 0.3 is 0 Å². The molecule has 0 aliphatic heterocycles. The topological polar surface area (TPSA) is 43.1 Å². The van der Waals surface area contributed by atoms with Crippen LogP contribution in [0.15, 0.2) is 18.2 Å². The first-order chi connectivity index (χ1) is 8.09. The summed E-state index contributed by atoms with van der Waals surface area (Å²) in [5, 5.41) is 0. The van der Waals surface area contributed by atoms with Crippen molar-refractivity contribution in [2.45, 2.75) is 32.6 Å². The third-order valence-electron chi connectivity index (χ3n) is 3.85. The number of benzene rings is 1. The van der Waals surface area contributed by atoms with Crippen LogP contribution in [0.5, 0.6) is 0 Å². The van der Waals surface area contributed by atoms with Crippen molar-refractivity contribution in [3.05, 3.63) is 35.1 Å². The lowest BCUT2D eigenvalue weighted by atomic mass is 9.78. The molecule has 0 aromatic heterocycles. The Bertz CT molecular complexity index is 436. The molecular formula is C14H18FNO. The summed E-state index contributed by atoms with van der Waals surface area (Å²) in [6, 6.07) is 4.57. The highest BCUT2D eigenvalue weighted by atomic mass is 19.1. The Morgan fingerprint density at radius 1 is 1.41 bits per heavy atom. The van der Waals surface area contributed by atoms with E-state index in [2.05, 4.69) is 0 Å². The predicted molar refractivity (Wildman–Crippen MR) is 65.4 cm³/mol. The zero-order valence-corrected chi connectivity index (χ0v) is 10.1. The van der Waals surface area contributed by atoms with Gasteiger partial charge in [0.05, 0.1) is 0 Å². The summed E-state index contributed by atoms with van der Waals surface area (Å²) in [6.07, 6.45) is 3.84. The van der Waals surface area contributed by atoms with Crippen molar-refractivity contribution in [2.75, 3.05) is 6.54 Å². The molecule has 0 unspecified atom stereocenters. The highest BCUT2D eigenvalue weighted by Gasteiger charge is 2.40. The first kappa shape index (κ1) is 12.2. The first-order valence-corrected chi connectivity index (χ1v) is 6.10.